The largest absolute Gasteiger partial charge is 0.494 e. The molecule has 4 heterocycles. The summed E-state index contributed by atoms with van der Waals surface area (Å²) in [5, 5.41) is 15.2. The Labute approximate surface area is 215 Å². The SMILES string of the molecule is CCOc1cc2c3c(c1)[C@]1(C(=O)N3C(C)(C)C=C2C)C(C#N)=C(N)Oc2c1c(C)nn2-c1ccccc1. The van der Waals surface area contributed by atoms with Crippen LogP contribution in [0.2, 0.25) is 0 Å². The highest BCUT2D eigenvalue weighted by molar-refractivity contribution is 6.18. The molecule has 0 saturated carbocycles. The molecule has 37 heavy (non-hydrogen) atoms. The molecule has 1 spiro atoms. The summed E-state index contributed by atoms with van der Waals surface area (Å²) in [5.74, 6) is 0.574. The average Bonchev–Trinajstić information content (AvgIpc) is 3.31. The van der Waals surface area contributed by atoms with Crippen LogP contribution in [-0.2, 0) is 10.2 Å². The Hall–Kier alpha value is -4.51. The lowest BCUT2D eigenvalue weighted by molar-refractivity contribution is -0.121. The Balaban J connectivity index is 1.77. The molecule has 1 aromatic heterocycles. The van der Waals surface area contributed by atoms with Gasteiger partial charge in [-0.25, -0.2) is 4.68 Å². The lowest BCUT2D eigenvalue weighted by Gasteiger charge is -2.40. The van der Waals surface area contributed by atoms with Crippen molar-refractivity contribution in [3.63, 3.8) is 0 Å². The van der Waals surface area contributed by atoms with Crippen LogP contribution in [0.1, 0.15) is 50.1 Å². The first-order valence-corrected chi connectivity index (χ1v) is 12.3. The van der Waals surface area contributed by atoms with E-state index in [-0.39, 0.29) is 17.4 Å². The van der Waals surface area contributed by atoms with Gasteiger partial charge in [-0.1, -0.05) is 24.3 Å². The average molecular weight is 494 g/mol. The molecule has 0 unspecified atom stereocenters. The van der Waals surface area contributed by atoms with Gasteiger partial charge in [0.05, 0.1) is 34.8 Å². The molecular weight excluding hydrogens is 466 g/mol. The van der Waals surface area contributed by atoms with Crippen molar-refractivity contribution < 1.29 is 14.3 Å². The number of anilines is 1. The molecule has 2 N–H and O–H groups in total. The summed E-state index contributed by atoms with van der Waals surface area (Å²) in [6.45, 7) is 10.2. The predicted octanol–water partition coefficient (Wildman–Crippen LogP) is 4.49. The van der Waals surface area contributed by atoms with Gasteiger partial charge in [0.1, 0.15) is 22.8 Å². The van der Waals surface area contributed by atoms with Gasteiger partial charge in [0.15, 0.2) is 0 Å². The Bertz CT molecular complexity index is 1610. The number of hydrogen-bond acceptors (Lipinski definition) is 6. The van der Waals surface area contributed by atoms with Crippen molar-refractivity contribution in [1.29, 1.82) is 5.26 Å². The van der Waals surface area contributed by atoms with Crippen molar-refractivity contribution in [3.05, 3.63) is 82.4 Å². The van der Waals surface area contributed by atoms with Crippen LogP contribution < -0.4 is 20.1 Å². The monoisotopic (exact) mass is 493 g/mol. The molecule has 186 valence electrons. The van der Waals surface area contributed by atoms with Crippen LogP contribution >= 0.6 is 0 Å². The fraction of sp³-hybridized carbons (Fsp3) is 0.276. The molecule has 0 saturated heterocycles. The molecule has 1 amide bonds. The Morgan fingerprint density at radius 3 is 2.59 bits per heavy atom. The molecule has 1 atom stereocenters. The Morgan fingerprint density at radius 2 is 1.92 bits per heavy atom. The number of aryl methyl sites for hydroxylation is 1. The van der Waals surface area contributed by atoms with E-state index in [1.165, 1.54) is 0 Å². The highest BCUT2D eigenvalue weighted by Crippen LogP contribution is 2.61. The summed E-state index contributed by atoms with van der Waals surface area (Å²) in [6, 6.07) is 15.6. The third-order valence-corrected chi connectivity index (χ3v) is 7.45. The molecule has 3 aliphatic heterocycles. The molecular formula is C29H27N5O3. The lowest BCUT2D eigenvalue weighted by atomic mass is 9.68. The topological polar surface area (TPSA) is 106 Å². The van der Waals surface area contributed by atoms with E-state index in [9.17, 15) is 10.1 Å². The third kappa shape index (κ3) is 2.77. The maximum absolute atomic E-state index is 14.8. The van der Waals surface area contributed by atoms with Crippen LogP contribution in [0, 0.1) is 18.3 Å². The van der Waals surface area contributed by atoms with Crippen LogP contribution in [0.3, 0.4) is 0 Å². The van der Waals surface area contributed by atoms with Crippen molar-refractivity contribution >= 4 is 17.2 Å². The standard InChI is InChI=1S/C29H27N5O3/c1-6-36-19-12-20-16(2)14-28(4,5)33-24(20)21(13-19)29(27(33)35)22(15-30)25(31)37-26-23(29)17(3)32-34(26)18-10-8-7-9-11-18/h7-14H,6,31H2,1-5H3/t29-/m0/s1. The van der Waals surface area contributed by atoms with Gasteiger partial charge in [0, 0.05) is 11.1 Å². The first kappa shape index (κ1) is 22.9. The first-order chi connectivity index (χ1) is 17.7. The second-order valence-corrected chi connectivity index (χ2v) is 10.1. The molecule has 3 aliphatic rings. The molecule has 0 radical (unpaired) electrons. The van der Waals surface area contributed by atoms with Crippen molar-refractivity contribution in [2.24, 2.45) is 5.73 Å². The number of nitrogens with two attached hydrogens (primary N) is 1. The number of fused-ring (bicyclic) bond motifs is 3. The van der Waals surface area contributed by atoms with Crippen LogP contribution in [-0.4, -0.2) is 27.8 Å². The molecule has 6 rings (SSSR count). The number of amides is 1. The van der Waals surface area contributed by atoms with E-state index in [2.05, 4.69) is 12.1 Å². The van der Waals surface area contributed by atoms with E-state index < -0.39 is 11.0 Å². The maximum Gasteiger partial charge on any atom is 0.248 e. The van der Waals surface area contributed by atoms with E-state index >= 15 is 0 Å². The fourth-order valence-corrected chi connectivity index (χ4v) is 6.16. The molecule has 8 heteroatoms. The number of ether oxygens (including phenoxy) is 2. The van der Waals surface area contributed by atoms with Crippen LogP contribution in [0.25, 0.3) is 11.3 Å². The number of para-hydroxylation sites is 1. The van der Waals surface area contributed by atoms with Gasteiger partial charge in [0.2, 0.25) is 17.7 Å². The van der Waals surface area contributed by atoms with E-state index in [1.54, 1.807) is 9.58 Å². The van der Waals surface area contributed by atoms with Crippen LogP contribution in [0.5, 0.6) is 11.6 Å². The van der Waals surface area contributed by atoms with Gasteiger partial charge in [-0.05, 0) is 64.5 Å². The zero-order valence-electron chi connectivity index (χ0n) is 21.4. The molecule has 3 aromatic rings. The number of rotatable bonds is 3. The van der Waals surface area contributed by atoms with Crippen molar-refractivity contribution in [2.45, 2.75) is 45.6 Å². The highest BCUT2D eigenvalue weighted by atomic mass is 16.5. The number of carbonyl (C=O) groups is 1. The minimum absolute atomic E-state index is 0.0550. The zero-order valence-corrected chi connectivity index (χ0v) is 21.4. The number of hydrogen-bond donors (Lipinski definition) is 1. The van der Waals surface area contributed by atoms with E-state index in [0.717, 1.165) is 22.5 Å². The maximum atomic E-state index is 14.8. The smallest absolute Gasteiger partial charge is 0.248 e. The van der Waals surface area contributed by atoms with Gasteiger partial charge in [-0.15, -0.1) is 0 Å². The highest BCUT2D eigenvalue weighted by Gasteiger charge is 2.64. The van der Waals surface area contributed by atoms with Crippen molar-refractivity contribution in [3.8, 4) is 23.4 Å². The van der Waals surface area contributed by atoms with Gasteiger partial charge in [-0.2, -0.15) is 10.4 Å². The second-order valence-electron chi connectivity index (χ2n) is 10.1. The molecule has 0 fully saturated rings. The lowest BCUT2D eigenvalue weighted by Crippen LogP contribution is -2.53. The number of carbonyl (C=O) groups excluding carboxylic acids is 1. The number of nitriles is 1. The van der Waals surface area contributed by atoms with Gasteiger partial charge >= 0.3 is 0 Å². The third-order valence-electron chi connectivity index (χ3n) is 7.45. The Morgan fingerprint density at radius 1 is 1.19 bits per heavy atom. The minimum Gasteiger partial charge on any atom is -0.494 e. The van der Waals surface area contributed by atoms with Crippen LogP contribution in [0.4, 0.5) is 5.69 Å². The van der Waals surface area contributed by atoms with Crippen molar-refractivity contribution in [2.75, 3.05) is 11.5 Å². The number of nitrogens with zero attached hydrogens (tertiary/aromatic N) is 4. The van der Waals surface area contributed by atoms with Gasteiger partial charge in [0.25, 0.3) is 0 Å². The summed E-state index contributed by atoms with van der Waals surface area (Å²) in [6.07, 6.45) is 2.07. The van der Waals surface area contributed by atoms with E-state index in [4.69, 9.17) is 20.3 Å². The second kappa shape index (κ2) is 7.50. The van der Waals surface area contributed by atoms with Gasteiger partial charge in [-0.3, -0.25) is 4.79 Å². The van der Waals surface area contributed by atoms with Crippen molar-refractivity contribution in [1.82, 2.24) is 9.78 Å². The molecule has 8 nitrogen and oxygen atoms in total. The zero-order chi connectivity index (χ0) is 26.3. The quantitative estimate of drug-likeness (QED) is 0.576. The minimum atomic E-state index is -1.53. The van der Waals surface area contributed by atoms with E-state index in [1.807, 2.05) is 77.1 Å². The summed E-state index contributed by atoms with van der Waals surface area (Å²) < 4.78 is 13.7. The summed E-state index contributed by atoms with van der Waals surface area (Å²) in [4.78, 5) is 16.6. The number of benzene rings is 2. The fourth-order valence-electron chi connectivity index (χ4n) is 6.16. The van der Waals surface area contributed by atoms with Gasteiger partial charge < -0.3 is 20.1 Å². The first-order valence-electron chi connectivity index (χ1n) is 12.3. The summed E-state index contributed by atoms with van der Waals surface area (Å²) >= 11 is 0. The Kier molecular flexibility index (Phi) is 4.64. The van der Waals surface area contributed by atoms with Crippen LogP contribution in [0.15, 0.2) is 60.0 Å². The molecule has 0 bridgehead atoms. The number of allylic oxidation sites excluding steroid dienone is 1. The van der Waals surface area contributed by atoms with E-state index in [0.29, 0.717) is 35.1 Å². The summed E-state index contributed by atoms with van der Waals surface area (Å²) in [7, 11) is 0. The normalized spacial score (nSPS) is 20.8. The number of aromatic nitrogens is 2. The summed E-state index contributed by atoms with van der Waals surface area (Å²) in [5.41, 5.74) is 9.51. The predicted molar refractivity (Wildman–Crippen MR) is 139 cm³/mol. The molecule has 0 aliphatic carbocycles. The molecule has 2 aromatic carbocycles.